The third-order valence-electron chi connectivity index (χ3n) is 5.91. The summed E-state index contributed by atoms with van der Waals surface area (Å²) < 4.78 is 19.8. The molecule has 9 heteroatoms. The SMILES string of the molecule is COc1ccc(OC)c([C@H]2Oc3ccc(Cl)cc3C3=C2[C@H](c2cccs2)n2ncnc2N3)c1. The molecular formula is C24H19ClN4O3S. The normalized spacial score (nSPS) is 18.5. The number of hydrogen-bond acceptors (Lipinski definition) is 7. The number of rotatable bonds is 4. The Labute approximate surface area is 199 Å². The molecule has 0 unspecified atom stereocenters. The van der Waals surface area contributed by atoms with Gasteiger partial charge in [0.05, 0.1) is 19.9 Å². The quantitative estimate of drug-likeness (QED) is 0.413. The molecule has 2 aliphatic rings. The molecule has 4 heterocycles. The van der Waals surface area contributed by atoms with Gasteiger partial charge in [-0.15, -0.1) is 11.3 Å². The number of ether oxygens (including phenoxy) is 3. The van der Waals surface area contributed by atoms with Gasteiger partial charge in [0.1, 0.15) is 29.6 Å². The number of fused-ring (bicyclic) bond motifs is 3. The number of halogens is 1. The molecule has 1 N–H and O–H groups in total. The summed E-state index contributed by atoms with van der Waals surface area (Å²) in [6.45, 7) is 0. The van der Waals surface area contributed by atoms with E-state index in [1.807, 2.05) is 47.1 Å². The van der Waals surface area contributed by atoms with Crippen LogP contribution in [0.2, 0.25) is 5.02 Å². The first-order chi connectivity index (χ1) is 16.2. The highest BCUT2D eigenvalue weighted by atomic mass is 35.5. The lowest BCUT2D eigenvalue weighted by atomic mass is 9.86. The molecule has 2 aliphatic heterocycles. The van der Waals surface area contributed by atoms with Gasteiger partial charge in [0, 0.05) is 26.6 Å². The van der Waals surface area contributed by atoms with Crippen molar-refractivity contribution in [2.75, 3.05) is 19.5 Å². The van der Waals surface area contributed by atoms with E-state index in [2.05, 4.69) is 26.8 Å². The van der Waals surface area contributed by atoms with Crippen molar-refractivity contribution >= 4 is 34.6 Å². The Balaban J connectivity index is 1.65. The number of nitrogens with zero attached hydrogens (tertiary/aromatic N) is 3. The zero-order valence-electron chi connectivity index (χ0n) is 17.8. The van der Waals surface area contributed by atoms with Gasteiger partial charge in [-0.3, -0.25) is 0 Å². The fourth-order valence-corrected chi connectivity index (χ4v) is 5.46. The lowest BCUT2D eigenvalue weighted by Gasteiger charge is -2.38. The van der Waals surface area contributed by atoms with Gasteiger partial charge < -0.3 is 19.5 Å². The summed E-state index contributed by atoms with van der Waals surface area (Å²) in [5.41, 5.74) is 3.65. The van der Waals surface area contributed by atoms with E-state index in [4.69, 9.17) is 25.8 Å². The first kappa shape index (κ1) is 20.1. The van der Waals surface area contributed by atoms with Gasteiger partial charge in [0.2, 0.25) is 5.95 Å². The van der Waals surface area contributed by atoms with Crippen LogP contribution in [0.4, 0.5) is 5.95 Å². The second kappa shape index (κ2) is 7.83. The maximum atomic E-state index is 6.66. The third kappa shape index (κ3) is 3.17. The molecule has 0 fully saturated rings. The minimum absolute atomic E-state index is 0.216. The molecule has 0 amide bonds. The van der Waals surface area contributed by atoms with Crippen molar-refractivity contribution in [1.82, 2.24) is 14.8 Å². The van der Waals surface area contributed by atoms with Gasteiger partial charge in [-0.1, -0.05) is 17.7 Å². The van der Waals surface area contributed by atoms with E-state index in [1.54, 1.807) is 31.9 Å². The Morgan fingerprint density at radius 1 is 1.12 bits per heavy atom. The van der Waals surface area contributed by atoms with E-state index in [1.165, 1.54) is 0 Å². The fraction of sp³-hybridized carbons (Fsp3) is 0.167. The fourth-order valence-electron chi connectivity index (χ4n) is 4.46. The van der Waals surface area contributed by atoms with E-state index in [-0.39, 0.29) is 6.04 Å². The highest BCUT2D eigenvalue weighted by Gasteiger charge is 2.42. The molecule has 6 rings (SSSR count). The maximum Gasteiger partial charge on any atom is 0.226 e. The van der Waals surface area contributed by atoms with Crippen LogP contribution in [-0.4, -0.2) is 29.0 Å². The van der Waals surface area contributed by atoms with Crippen molar-refractivity contribution in [1.29, 1.82) is 0 Å². The molecule has 0 aliphatic carbocycles. The maximum absolute atomic E-state index is 6.66. The van der Waals surface area contributed by atoms with E-state index in [0.29, 0.717) is 16.7 Å². The molecule has 2 aromatic carbocycles. The van der Waals surface area contributed by atoms with Crippen LogP contribution in [0.3, 0.4) is 0 Å². The Morgan fingerprint density at radius 2 is 2.03 bits per heavy atom. The van der Waals surface area contributed by atoms with Crippen molar-refractivity contribution in [3.8, 4) is 17.2 Å². The van der Waals surface area contributed by atoms with Crippen molar-refractivity contribution in [2.45, 2.75) is 12.1 Å². The van der Waals surface area contributed by atoms with Gasteiger partial charge in [0.25, 0.3) is 0 Å². The van der Waals surface area contributed by atoms with Crippen molar-refractivity contribution in [2.24, 2.45) is 0 Å². The average Bonchev–Trinajstić information content (AvgIpc) is 3.54. The second-order valence-corrected chi connectivity index (χ2v) is 9.06. The van der Waals surface area contributed by atoms with E-state index >= 15 is 0 Å². The van der Waals surface area contributed by atoms with Gasteiger partial charge in [-0.2, -0.15) is 10.1 Å². The predicted octanol–water partition coefficient (Wildman–Crippen LogP) is 5.57. The summed E-state index contributed by atoms with van der Waals surface area (Å²) in [5.74, 6) is 2.81. The highest BCUT2D eigenvalue weighted by molar-refractivity contribution is 7.10. The number of methoxy groups -OCH3 is 2. The van der Waals surface area contributed by atoms with Crippen molar-refractivity contribution in [3.05, 3.63) is 86.8 Å². The average molecular weight is 479 g/mol. The van der Waals surface area contributed by atoms with Crippen molar-refractivity contribution in [3.63, 3.8) is 0 Å². The molecule has 7 nitrogen and oxygen atoms in total. The number of nitrogens with one attached hydrogen (secondary N) is 1. The summed E-state index contributed by atoms with van der Waals surface area (Å²) in [6, 6.07) is 15.3. The molecule has 166 valence electrons. The number of thiophene rings is 1. The number of anilines is 1. The zero-order valence-corrected chi connectivity index (χ0v) is 19.4. The minimum atomic E-state index is -0.462. The van der Waals surface area contributed by atoms with Crippen LogP contribution < -0.4 is 19.5 Å². The molecule has 2 atom stereocenters. The van der Waals surface area contributed by atoms with E-state index in [0.717, 1.165) is 38.8 Å². The molecule has 2 aromatic heterocycles. The standard InChI is InChI=1S/C24H19ClN4O3S/c1-30-14-6-8-17(31-2)16(11-14)23-20-21(15-10-13(25)5-7-18(15)32-23)28-24-26-12-27-29(24)22(20)19-4-3-9-33-19/h3-12,22-23H,1-2H3,(H,26,27,28)/t22-,23+/m0/s1. The van der Waals surface area contributed by atoms with E-state index < -0.39 is 6.10 Å². The summed E-state index contributed by atoms with van der Waals surface area (Å²) >= 11 is 8.05. The van der Waals surface area contributed by atoms with Crippen LogP contribution >= 0.6 is 22.9 Å². The molecule has 0 radical (unpaired) electrons. The first-order valence-electron chi connectivity index (χ1n) is 10.3. The van der Waals surface area contributed by atoms with E-state index in [9.17, 15) is 0 Å². The Hall–Kier alpha value is -3.49. The Morgan fingerprint density at radius 3 is 2.82 bits per heavy atom. The smallest absolute Gasteiger partial charge is 0.226 e. The predicted molar refractivity (Wildman–Crippen MR) is 127 cm³/mol. The van der Waals surface area contributed by atoms with Crippen LogP contribution in [0, 0.1) is 0 Å². The molecule has 0 saturated carbocycles. The topological polar surface area (TPSA) is 70.4 Å². The summed E-state index contributed by atoms with van der Waals surface area (Å²) in [5, 5.41) is 10.7. The molecule has 33 heavy (non-hydrogen) atoms. The molecule has 4 aromatic rings. The largest absolute Gasteiger partial charge is 0.497 e. The number of aromatic nitrogens is 3. The number of hydrogen-bond donors (Lipinski definition) is 1. The van der Waals surface area contributed by atoms with Crippen LogP contribution in [0.5, 0.6) is 17.2 Å². The van der Waals surface area contributed by atoms with Crippen LogP contribution in [0.1, 0.15) is 28.1 Å². The summed E-state index contributed by atoms with van der Waals surface area (Å²) in [7, 11) is 3.30. The molecular weight excluding hydrogens is 460 g/mol. The lowest BCUT2D eigenvalue weighted by molar-refractivity contribution is 0.217. The summed E-state index contributed by atoms with van der Waals surface area (Å²) in [6.07, 6.45) is 1.10. The highest BCUT2D eigenvalue weighted by Crippen LogP contribution is 2.53. The zero-order chi connectivity index (χ0) is 22.5. The number of benzene rings is 2. The van der Waals surface area contributed by atoms with Gasteiger partial charge in [0.15, 0.2) is 6.10 Å². The van der Waals surface area contributed by atoms with Gasteiger partial charge >= 0.3 is 0 Å². The Kier molecular flexibility index (Phi) is 4.78. The van der Waals surface area contributed by atoms with Crippen molar-refractivity contribution < 1.29 is 14.2 Å². The molecule has 0 saturated heterocycles. The first-order valence-corrected chi connectivity index (χ1v) is 11.6. The monoisotopic (exact) mass is 478 g/mol. The summed E-state index contributed by atoms with van der Waals surface area (Å²) in [4.78, 5) is 5.58. The molecule has 0 spiro atoms. The molecule has 0 bridgehead atoms. The minimum Gasteiger partial charge on any atom is -0.497 e. The van der Waals surface area contributed by atoms with Crippen LogP contribution in [0.25, 0.3) is 5.70 Å². The van der Waals surface area contributed by atoms with Crippen LogP contribution in [-0.2, 0) is 0 Å². The second-order valence-electron chi connectivity index (χ2n) is 7.65. The lowest BCUT2D eigenvalue weighted by Crippen LogP contribution is -2.32. The van der Waals surface area contributed by atoms with Crippen LogP contribution in [0.15, 0.2) is 65.8 Å². The third-order valence-corrected chi connectivity index (χ3v) is 7.07. The van der Waals surface area contributed by atoms with Gasteiger partial charge in [-0.25, -0.2) is 4.68 Å². The Bertz CT molecular complexity index is 1380. The van der Waals surface area contributed by atoms with Gasteiger partial charge in [-0.05, 0) is 47.8 Å².